The van der Waals surface area contributed by atoms with Crippen LogP contribution in [0.5, 0.6) is 0 Å². The van der Waals surface area contributed by atoms with E-state index in [1.807, 2.05) is 43.3 Å². The molecule has 1 atom stereocenters. The Balaban J connectivity index is 1.88. The van der Waals surface area contributed by atoms with Gasteiger partial charge in [-0.1, -0.05) is 25.1 Å². The number of benzene rings is 2. The number of amides is 1. The van der Waals surface area contributed by atoms with Crippen molar-refractivity contribution in [2.24, 2.45) is 5.92 Å². The van der Waals surface area contributed by atoms with Crippen molar-refractivity contribution in [2.45, 2.75) is 33.6 Å². The summed E-state index contributed by atoms with van der Waals surface area (Å²) in [5.41, 5.74) is 11.4. The number of rotatable bonds is 3. The lowest BCUT2D eigenvalue weighted by Crippen LogP contribution is -2.34. The molecule has 3 N–H and O–H groups in total. The molecule has 4 heteroatoms. The van der Waals surface area contributed by atoms with Gasteiger partial charge in [0.05, 0.1) is 11.4 Å². The third kappa shape index (κ3) is 3.78. The van der Waals surface area contributed by atoms with Gasteiger partial charge in [0.1, 0.15) is 0 Å². The minimum atomic E-state index is -0.119. The largest absolute Gasteiger partial charge is 0.397 e. The fraction of sp³-hybridized carbons (Fsp3) is 0.381. The summed E-state index contributed by atoms with van der Waals surface area (Å²) < 4.78 is 0. The van der Waals surface area contributed by atoms with Crippen LogP contribution in [0.4, 0.5) is 17.1 Å². The molecular formula is C21H27N3O. The predicted molar refractivity (Wildman–Crippen MR) is 105 cm³/mol. The molecule has 0 aliphatic carbocycles. The number of carbonyl (C=O) groups is 1. The van der Waals surface area contributed by atoms with E-state index in [1.54, 1.807) is 0 Å². The molecule has 0 aromatic heterocycles. The Kier molecular flexibility index (Phi) is 4.98. The quantitative estimate of drug-likeness (QED) is 0.818. The fourth-order valence-corrected chi connectivity index (χ4v) is 3.59. The molecule has 0 unspecified atom stereocenters. The first-order valence-electron chi connectivity index (χ1n) is 8.97. The summed E-state index contributed by atoms with van der Waals surface area (Å²) in [6, 6.07) is 11.6. The molecule has 1 amide bonds. The molecule has 132 valence electrons. The summed E-state index contributed by atoms with van der Waals surface area (Å²) in [6.45, 7) is 8.42. The van der Waals surface area contributed by atoms with Gasteiger partial charge in [-0.2, -0.15) is 0 Å². The van der Waals surface area contributed by atoms with Crippen LogP contribution in [0.25, 0.3) is 0 Å². The lowest BCUT2D eigenvalue weighted by atomic mass is 9.98. The van der Waals surface area contributed by atoms with Crippen molar-refractivity contribution in [1.29, 1.82) is 0 Å². The number of aryl methyl sites for hydroxylation is 2. The first-order chi connectivity index (χ1) is 12.0. The summed E-state index contributed by atoms with van der Waals surface area (Å²) in [7, 11) is 0. The van der Waals surface area contributed by atoms with E-state index in [2.05, 4.69) is 24.1 Å². The topological polar surface area (TPSA) is 58.4 Å². The molecule has 1 aliphatic rings. The Morgan fingerprint density at radius 3 is 2.68 bits per heavy atom. The van der Waals surface area contributed by atoms with Crippen molar-refractivity contribution < 1.29 is 4.79 Å². The van der Waals surface area contributed by atoms with Crippen LogP contribution in [-0.2, 0) is 0 Å². The highest BCUT2D eigenvalue weighted by Crippen LogP contribution is 2.32. The van der Waals surface area contributed by atoms with Crippen LogP contribution in [-0.4, -0.2) is 19.0 Å². The van der Waals surface area contributed by atoms with Crippen molar-refractivity contribution in [3.05, 3.63) is 53.1 Å². The second kappa shape index (κ2) is 7.18. The molecule has 1 saturated heterocycles. The highest BCUT2D eigenvalue weighted by atomic mass is 16.1. The monoisotopic (exact) mass is 337 g/mol. The summed E-state index contributed by atoms with van der Waals surface area (Å²) in [6.07, 6.45) is 2.48. The molecule has 1 fully saturated rings. The number of piperidine rings is 1. The number of nitrogen functional groups attached to an aromatic ring is 1. The van der Waals surface area contributed by atoms with E-state index >= 15 is 0 Å². The van der Waals surface area contributed by atoms with Crippen LogP contribution < -0.4 is 16.0 Å². The van der Waals surface area contributed by atoms with Gasteiger partial charge < -0.3 is 16.0 Å². The van der Waals surface area contributed by atoms with Gasteiger partial charge in [-0.05, 0) is 61.9 Å². The van der Waals surface area contributed by atoms with Crippen LogP contribution >= 0.6 is 0 Å². The van der Waals surface area contributed by atoms with Gasteiger partial charge in [0.2, 0.25) is 0 Å². The number of anilines is 3. The van der Waals surface area contributed by atoms with E-state index in [1.165, 1.54) is 18.5 Å². The molecule has 0 bridgehead atoms. The molecule has 1 aliphatic heterocycles. The van der Waals surface area contributed by atoms with Gasteiger partial charge in [-0.25, -0.2) is 0 Å². The predicted octanol–water partition coefficient (Wildman–Crippen LogP) is 4.37. The molecule has 0 saturated carbocycles. The van der Waals surface area contributed by atoms with Crippen molar-refractivity contribution in [3.63, 3.8) is 0 Å². The molecule has 0 radical (unpaired) electrons. The maximum Gasteiger partial charge on any atom is 0.255 e. The second-order valence-electron chi connectivity index (χ2n) is 7.19. The highest BCUT2D eigenvalue weighted by Gasteiger charge is 2.20. The Morgan fingerprint density at radius 2 is 1.96 bits per heavy atom. The van der Waals surface area contributed by atoms with E-state index in [-0.39, 0.29) is 5.91 Å². The first-order valence-corrected chi connectivity index (χ1v) is 8.97. The third-order valence-corrected chi connectivity index (χ3v) is 5.00. The average Bonchev–Trinajstić information content (AvgIpc) is 2.57. The van der Waals surface area contributed by atoms with Crippen LogP contribution in [0.3, 0.4) is 0 Å². The summed E-state index contributed by atoms with van der Waals surface area (Å²) in [5.74, 6) is 0.572. The Morgan fingerprint density at radius 1 is 1.20 bits per heavy atom. The minimum absolute atomic E-state index is 0.119. The molecule has 0 spiro atoms. The van der Waals surface area contributed by atoms with Crippen molar-refractivity contribution in [2.75, 3.05) is 29.0 Å². The highest BCUT2D eigenvalue weighted by molar-refractivity contribution is 6.07. The molecule has 25 heavy (non-hydrogen) atoms. The van der Waals surface area contributed by atoms with Gasteiger partial charge in [0.15, 0.2) is 0 Å². The van der Waals surface area contributed by atoms with Gasteiger partial charge in [-0.15, -0.1) is 0 Å². The third-order valence-electron chi connectivity index (χ3n) is 5.00. The van der Waals surface area contributed by atoms with E-state index in [0.29, 0.717) is 22.9 Å². The molecule has 1 heterocycles. The molecular weight excluding hydrogens is 310 g/mol. The summed E-state index contributed by atoms with van der Waals surface area (Å²) >= 11 is 0. The lowest BCUT2D eigenvalue weighted by molar-refractivity contribution is 0.102. The lowest BCUT2D eigenvalue weighted by Gasteiger charge is -2.34. The zero-order valence-electron chi connectivity index (χ0n) is 15.3. The minimum Gasteiger partial charge on any atom is -0.397 e. The normalized spacial score (nSPS) is 17.4. The van der Waals surface area contributed by atoms with E-state index in [4.69, 9.17) is 5.73 Å². The van der Waals surface area contributed by atoms with E-state index in [0.717, 1.165) is 24.2 Å². The summed E-state index contributed by atoms with van der Waals surface area (Å²) in [4.78, 5) is 15.0. The van der Waals surface area contributed by atoms with Crippen LogP contribution in [0.1, 0.15) is 41.3 Å². The van der Waals surface area contributed by atoms with Gasteiger partial charge >= 0.3 is 0 Å². The Bertz CT molecular complexity index is 785. The van der Waals surface area contributed by atoms with Crippen molar-refractivity contribution in [1.82, 2.24) is 0 Å². The molecule has 4 nitrogen and oxygen atoms in total. The number of hydrogen-bond donors (Lipinski definition) is 2. The number of nitrogens with zero attached hydrogens (tertiary/aromatic N) is 1. The number of nitrogens with two attached hydrogens (primary N) is 1. The van der Waals surface area contributed by atoms with Crippen LogP contribution in [0, 0.1) is 19.8 Å². The van der Waals surface area contributed by atoms with Crippen LogP contribution in [0.2, 0.25) is 0 Å². The fourth-order valence-electron chi connectivity index (χ4n) is 3.59. The zero-order chi connectivity index (χ0) is 18.0. The first kappa shape index (κ1) is 17.3. The second-order valence-corrected chi connectivity index (χ2v) is 7.19. The number of hydrogen-bond acceptors (Lipinski definition) is 3. The van der Waals surface area contributed by atoms with Gasteiger partial charge in [0.25, 0.3) is 5.91 Å². The molecule has 2 aromatic carbocycles. The average molecular weight is 337 g/mol. The smallest absolute Gasteiger partial charge is 0.255 e. The Labute approximate surface area is 150 Å². The van der Waals surface area contributed by atoms with Crippen molar-refractivity contribution >= 4 is 23.0 Å². The molecule has 2 aromatic rings. The Hall–Kier alpha value is -2.49. The van der Waals surface area contributed by atoms with Crippen LogP contribution in [0.15, 0.2) is 36.4 Å². The number of nitrogens with one attached hydrogen (secondary N) is 1. The van der Waals surface area contributed by atoms with E-state index < -0.39 is 0 Å². The standard InChI is InChI=1S/C21H27N3O/c1-14-7-6-10-24(13-14)20-12-19(18(22)11-16(20)3)23-21(25)17-9-5-4-8-15(17)2/h4-5,8-9,11-12,14H,6-7,10,13,22H2,1-3H3,(H,23,25)/t14-/m0/s1. The van der Waals surface area contributed by atoms with E-state index in [9.17, 15) is 4.79 Å². The van der Waals surface area contributed by atoms with Gasteiger partial charge in [-0.3, -0.25) is 4.79 Å². The SMILES string of the molecule is Cc1ccccc1C(=O)Nc1cc(N2CCC[C@H](C)C2)c(C)cc1N. The maximum atomic E-state index is 12.6. The molecule has 3 rings (SSSR count). The zero-order valence-corrected chi connectivity index (χ0v) is 15.3. The maximum absolute atomic E-state index is 12.6. The summed E-state index contributed by atoms with van der Waals surface area (Å²) in [5, 5.41) is 2.99. The number of carbonyl (C=O) groups excluding carboxylic acids is 1. The van der Waals surface area contributed by atoms with Crippen molar-refractivity contribution in [3.8, 4) is 0 Å². The van der Waals surface area contributed by atoms with Gasteiger partial charge in [0, 0.05) is 24.3 Å².